The maximum Gasteiger partial charge on any atom is 0.460 e. The second-order valence-electron chi connectivity index (χ2n) is 7.07. The van der Waals surface area contributed by atoms with Gasteiger partial charge in [-0.3, -0.25) is 0 Å². The smallest absolute Gasteiger partial charge is 0.460 e. The first-order valence-corrected chi connectivity index (χ1v) is 9.61. The van der Waals surface area contributed by atoms with Gasteiger partial charge in [-0.25, -0.2) is 9.59 Å². The third-order valence-electron chi connectivity index (χ3n) is 4.51. The number of benzene rings is 1. The molecule has 0 aromatic heterocycles. The minimum absolute atomic E-state index is 0.123. The summed E-state index contributed by atoms with van der Waals surface area (Å²) in [5.74, 6) is -61.7. The van der Waals surface area contributed by atoms with Crippen molar-refractivity contribution in [1.82, 2.24) is 0 Å². The molecule has 1 rings (SSSR count). The number of ether oxygens (including phenoxy) is 1. The molecular weight excluding hydrogens is 687 g/mol. The summed E-state index contributed by atoms with van der Waals surface area (Å²) in [6.45, 7) is 0. The Balaban J connectivity index is 3.77. The third-order valence-corrected chi connectivity index (χ3v) is 5.16. The predicted molar refractivity (Wildman–Crippen MR) is 93.7 cm³/mol. The summed E-state index contributed by atoms with van der Waals surface area (Å²) in [7, 11) is 0. The van der Waals surface area contributed by atoms with Crippen molar-refractivity contribution < 1.29 is 99.2 Å². The number of aromatic carboxylic acids is 2. The Morgan fingerprint density at radius 2 is 1.00 bits per heavy atom. The summed E-state index contributed by atoms with van der Waals surface area (Å²) in [6.07, 6.45) is -7.87. The largest absolute Gasteiger partial charge is 0.478 e. The van der Waals surface area contributed by atoms with E-state index in [0.29, 0.717) is 0 Å². The van der Waals surface area contributed by atoms with Crippen molar-refractivity contribution in [1.29, 1.82) is 0 Å². The molecule has 0 amide bonds. The van der Waals surface area contributed by atoms with Crippen LogP contribution in [0, 0.1) is 0 Å². The first kappa shape index (κ1) is 35.0. The number of allylic oxidation sites excluding steroid dienone is 1. The van der Waals surface area contributed by atoms with E-state index in [-0.39, 0.29) is 12.1 Å². The highest BCUT2D eigenvalue weighted by atomic mass is 79.9. The van der Waals surface area contributed by atoms with Crippen LogP contribution in [0.15, 0.2) is 28.4 Å². The molecule has 0 saturated heterocycles. The topological polar surface area (TPSA) is 83.8 Å². The van der Waals surface area contributed by atoms with Gasteiger partial charge in [0.25, 0.3) is 0 Å². The van der Waals surface area contributed by atoms with Gasteiger partial charge in [0.05, 0.1) is 5.56 Å². The summed E-state index contributed by atoms with van der Waals surface area (Å²) in [5, 5.41) is 17.8. The lowest BCUT2D eigenvalue weighted by Gasteiger charge is -2.41. The van der Waals surface area contributed by atoms with Crippen LogP contribution < -0.4 is 4.74 Å². The summed E-state index contributed by atoms with van der Waals surface area (Å²) >= 11 is 2.45. The van der Waals surface area contributed by atoms with E-state index in [1.54, 1.807) is 0 Å². The molecule has 0 fully saturated rings. The SMILES string of the molecule is O=C(O)c1cc(OC(F)=C(F)C(F)(F)C(F)(F)C(F)(F)C(F)(F)C(F)(F)C(F)(F)C(F)(F)F)c(C(=O)O)cc1Br. The van der Waals surface area contributed by atoms with Gasteiger partial charge in [0.15, 0.2) is 0 Å². The molecule has 0 spiro atoms. The van der Waals surface area contributed by atoms with E-state index in [4.69, 9.17) is 10.2 Å². The average molecular weight is 691 g/mol. The molecule has 0 heterocycles. The standard InChI is InChI=1S/C17H4BrF17O5/c18-5-1-4(10(38)39)6(2-3(5)9(36)37)40-8(20)7(19)11(21,22)12(23,24)13(25,26)14(27,28)15(29,30)16(31,32)17(33,34)35/h1-2H,(H,36,37)(H,38,39). The van der Waals surface area contributed by atoms with Crippen LogP contribution in [0.4, 0.5) is 74.6 Å². The van der Waals surface area contributed by atoms with Crippen LogP contribution in [-0.4, -0.2) is 63.9 Å². The zero-order valence-corrected chi connectivity index (χ0v) is 19.2. The lowest BCUT2D eigenvalue weighted by Crippen LogP contribution is -2.72. The third kappa shape index (κ3) is 5.10. The van der Waals surface area contributed by atoms with Gasteiger partial charge in [0.1, 0.15) is 11.3 Å². The minimum atomic E-state index is -8.78. The summed E-state index contributed by atoms with van der Waals surface area (Å²) in [6, 6.07) is -3.87. The molecule has 1 aromatic rings. The van der Waals surface area contributed by atoms with Crippen molar-refractivity contribution >= 4 is 27.9 Å². The Hall–Kier alpha value is -3.01. The fourth-order valence-electron chi connectivity index (χ4n) is 2.34. The fraction of sp³-hybridized carbons (Fsp3) is 0.412. The van der Waals surface area contributed by atoms with Crippen LogP contribution in [0.3, 0.4) is 0 Å². The monoisotopic (exact) mass is 690 g/mol. The van der Waals surface area contributed by atoms with E-state index in [2.05, 4.69) is 20.7 Å². The first-order valence-electron chi connectivity index (χ1n) is 8.82. The predicted octanol–water partition coefficient (Wildman–Crippen LogP) is 7.71. The van der Waals surface area contributed by atoms with E-state index in [1.165, 1.54) is 0 Å². The van der Waals surface area contributed by atoms with Crippen LogP contribution in [0.2, 0.25) is 0 Å². The Morgan fingerprint density at radius 1 is 0.625 bits per heavy atom. The van der Waals surface area contributed by atoms with E-state index in [9.17, 15) is 84.2 Å². The number of carboxylic acids is 2. The van der Waals surface area contributed by atoms with E-state index < -0.39 is 86.8 Å². The Bertz CT molecular complexity index is 1220. The molecule has 0 radical (unpaired) electrons. The van der Waals surface area contributed by atoms with Gasteiger partial charge in [-0.2, -0.15) is 74.6 Å². The van der Waals surface area contributed by atoms with Gasteiger partial charge in [0, 0.05) is 4.47 Å². The number of rotatable bonds is 10. The van der Waals surface area contributed by atoms with Crippen molar-refractivity contribution in [2.75, 3.05) is 0 Å². The number of carbonyl (C=O) groups is 2. The Labute approximate surface area is 214 Å². The quantitative estimate of drug-likeness (QED) is 0.194. The molecular formula is C17H4BrF17O5. The van der Waals surface area contributed by atoms with Crippen LogP contribution in [0.25, 0.3) is 0 Å². The second-order valence-corrected chi connectivity index (χ2v) is 7.93. The van der Waals surface area contributed by atoms with Gasteiger partial charge in [-0.05, 0) is 28.1 Å². The van der Waals surface area contributed by atoms with Crippen LogP contribution in [0.5, 0.6) is 5.75 Å². The number of halogens is 18. The van der Waals surface area contributed by atoms with Crippen molar-refractivity contribution in [2.24, 2.45) is 0 Å². The highest BCUT2D eigenvalue weighted by Gasteiger charge is 2.93. The van der Waals surface area contributed by atoms with Gasteiger partial charge in [-0.15, -0.1) is 0 Å². The Kier molecular flexibility index (Phi) is 8.86. The van der Waals surface area contributed by atoms with Crippen molar-refractivity contribution in [3.63, 3.8) is 0 Å². The van der Waals surface area contributed by atoms with Gasteiger partial charge in [-0.1, -0.05) is 0 Å². The van der Waals surface area contributed by atoms with Gasteiger partial charge in [0.2, 0.25) is 5.83 Å². The molecule has 1 aromatic carbocycles. The highest BCUT2D eigenvalue weighted by Crippen LogP contribution is 2.63. The molecule has 23 heteroatoms. The molecule has 5 nitrogen and oxygen atoms in total. The van der Waals surface area contributed by atoms with Crippen LogP contribution >= 0.6 is 15.9 Å². The molecule has 228 valence electrons. The lowest BCUT2D eigenvalue weighted by atomic mass is 9.91. The van der Waals surface area contributed by atoms with Crippen LogP contribution in [0.1, 0.15) is 20.7 Å². The molecule has 0 aliphatic heterocycles. The lowest BCUT2D eigenvalue weighted by molar-refractivity contribution is -0.451. The maximum absolute atomic E-state index is 13.9. The fourth-order valence-corrected chi connectivity index (χ4v) is 2.85. The summed E-state index contributed by atoms with van der Waals surface area (Å²) < 4.78 is 228. The molecule has 0 aliphatic rings. The van der Waals surface area contributed by atoms with E-state index >= 15 is 0 Å². The second kappa shape index (κ2) is 10.1. The van der Waals surface area contributed by atoms with E-state index in [0.717, 1.165) is 0 Å². The number of alkyl halides is 15. The van der Waals surface area contributed by atoms with Gasteiger partial charge >= 0.3 is 59.7 Å². The molecule has 0 atom stereocenters. The first-order chi connectivity index (χ1) is 17.4. The van der Waals surface area contributed by atoms with Crippen molar-refractivity contribution in [3.05, 3.63) is 39.6 Å². The highest BCUT2D eigenvalue weighted by molar-refractivity contribution is 9.10. The molecule has 40 heavy (non-hydrogen) atoms. The number of hydrogen-bond donors (Lipinski definition) is 2. The zero-order chi connectivity index (χ0) is 32.2. The van der Waals surface area contributed by atoms with Crippen molar-refractivity contribution in [3.8, 4) is 5.75 Å². The summed E-state index contributed by atoms with van der Waals surface area (Å²) in [5.41, 5.74) is -2.65. The molecule has 0 aliphatic carbocycles. The maximum atomic E-state index is 13.9. The number of carboxylic acid groups (broad SMARTS) is 2. The zero-order valence-electron chi connectivity index (χ0n) is 17.6. The Morgan fingerprint density at radius 3 is 1.38 bits per heavy atom. The van der Waals surface area contributed by atoms with Crippen LogP contribution in [-0.2, 0) is 0 Å². The summed E-state index contributed by atoms with van der Waals surface area (Å²) in [4.78, 5) is 22.1. The minimum Gasteiger partial charge on any atom is -0.478 e. The number of hydrogen-bond acceptors (Lipinski definition) is 3. The van der Waals surface area contributed by atoms with Crippen molar-refractivity contribution in [2.45, 2.75) is 41.7 Å². The average Bonchev–Trinajstić information content (AvgIpc) is 2.77. The van der Waals surface area contributed by atoms with Gasteiger partial charge < -0.3 is 14.9 Å². The molecule has 2 N–H and O–H groups in total. The van der Waals surface area contributed by atoms with E-state index in [1.807, 2.05) is 0 Å². The molecule has 0 unspecified atom stereocenters. The normalized spacial score (nSPS) is 15.1. The molecule has 0 saturated carbocycles. The molecule has 0 bridgehead atoms.